The van der Waals surface area contributed by atoms with Gasteiger partial charge < -0.3 is 10.2 Å². The van der Waals surface area contributed by atoms with E-state index < -0.39 is 21.8 Å². The van der Waals surface area contributed by atoms with Gasteiger partial charge in [0.15, 0.2) is 9.84 Å². The smallest absolute Gasteiger partial charge is 0.239 e. The predicted octanol–water partition coefficient (Wildman–Crippen LogP) is 1.21. The number of nitrogens with zero attached hydrogens (tertiary/aromatic N) is 1. The molecule has 0 radical (unpaired) electrons. The number of nitrogens with one attached hydrogen (secondary N) is 1. The van der Waals surface area contributed by atoms with E-state index in [1.165, 1.54) is 0 Å². The van der Waals surface area contributed by atoms with Gasteiger partial charge in [-0.1, -0.05) is 13.0 Å². The molecule has 0 saturated carbocycles. The number of benzene rings is 1. The van der Waals surface area contributed by atoms with E-state index in [0.29, 0.717) is 13.0 Å². The molecule has 25 heavy (non-hydrogen) atoms. The van der Waals surface area contributed by atoms with Crippen LogP contribution in [0.15, 0.2) is 18.2 Å². The minimum Gasteiger partial charge on any atom is -0.351 e. The summed E-state index contributed by atoms with van der Waals surface area (Å²) in [6.45, 7) is 6.31. The van der Waals surface area contributed by atoms with Gasteiger partial charge in [-0.2, -0.15) is 0 Å². The molecule has 2 saturated heterocycles. The SMILES string of the molecule is Cc1ccc(N2CCC(C(=O)N[C@@H]3CS(=O)(=O)C[C@@H]3C)C2=O)cc1C. The molecule has 3 atom stereocenters. The number of sulfone groups is 1. The predicted molar refractivity (Wildman–Crippen MR) is 96.1 cm³/mol. The average Bonchev–Trinajstić information content (AvgIpc) is 3.01. The number of carbonyl (C=O) groups is 2. The summed E-state index contributed by atoms with van der Waals surface area (Å²) in [7, 11) is -3.10. The lowest BCUT2D eigenvalue weighted by molar-refractivity contribution is -0.132. The van der Waals surface area contributed by atoms with Crippen molar-refractivity contribution < 1.29 is 18.0 Å². The summed E-state index contributed by atoms with van der Waals surface area (Å²) in [5, 5.41) is 2.78. The number of carbonyl (C=O) groups excluding carboxylic acids is 2. The highest BCUT2D eigenvalue weighted by atomic mass is 32.2. The summed E-state index contributed by atoms with van der Waals surface area (Å²) in [4.78, 5) is 26.8. The van der Waals surface area contributed by atoms with Crippen molar-refractivity contribution in [1.82, 2.24) is 5.32 Å². The molecule has 1 aromatic carbocycles. The molecule has 2 aliphatic heterocycles. The van der Waals surface area contributed by atoms with Gasteiger partial charge >= 0.3 is 0 Å². The summed E-state index contributed by atoms with van der Waals surface area (Å²) in [5.41, 5.74) is 3.06. The van der Waals surface area contributed by atoms with Crippen LogP contribution in [-0.2, 0) is 19.4 Å². The Bertz CT molecular complexity index is 818. The summed E-state index contributed by atoms with van der Waals surface area (Å²) in [6, 6.07) is 5.42. The molecule has 1 unspecified atom stereocenters. The van der Waals surface area contributed by atoms with Gasteiger partial charge in [0.1, 0.15) is 5.92 Å². The second-order valence-corrected chi connectivity index (χ2v) is 9.42. The van der Waals surface area contributed by atoms with Crippen LogP contribution >= 0.6 is 0 Å². The van der Waals surface area contributed by atoms with Crippen LogP contribution in [0, 0.1) is 25.7 Å². The number of amides is 2. The van der Waals surface area contributed by atoms with Crippen molar-refractivity contribution in [3.8, 4) is 0 Å². The van der Waals surface area contributed by atoms with Crippen molar-refractivity contribution >= 4 is 27.3 Å². The van der Waals surface area contributed by atoms with Crippen molar-refractivity contribution in [3.05, 3.63) is 29.3 Å². The van der Waals surface area contributed by atoms with Crippen LogP contribution in [-0.4, -0.2) is 44.3 Å². The first kappa shape index (κ1) is 17.9. The van der Waals surface area contributed by atoms with Gasteiger partial charge in [0.25, 0.3) is 0 Å². The molecular formula is C18H24N2O4S. The Morgan fingerprint density at radius 2 is 1.92 bits per heavy atom. The maximum absolute atomic E-state index is 12.7. The van der Waals surface area contributed by atoms with E-state index in [1.54, 1.807) is 4.90 Å². The molecule has 6 nitrogen and oxygen atoms in total. The zero-order chi connectivity index (χ0) is 18.4. The van der Waals surface area contributed by atoms with E-state index in [-0.39, 0.29) is 29.2 Å². The van der Waals surface area contributed by atoms with Gasteiger partial charge in [-0.3, -0.25) is 9.59 Å². The van der Waals surface area contributed by atoms with E-state index in [0.717, 1.165) is 16.8 Å². The van der Waals surface area contributed by atoms with Crippen LogP contribution in [0.25, 0.3) is 0 Å². The van der Waals surface area contributed by atoms with Crippen molar-refractivity contribution in [2.75, 3.05) is 23.0 Å². The van der Waals surface area contributed by atoms with Gasteiger partial charge in [0, 0.05) is 18.3 Å². The lowest BCUT2D eigenvalue weighted by atomic mass is 10.0. The first-order valence-corrected chi connectivity index (χ1v) is 10.4. The van der Waals surface area contributed by atoms with E-state index in [9.17, 15) is 18.0 Å². The van der Waals surface area contributed by atoms with Gasteiger partial charge in [-0.15, -0.1) is 0 Å². The molecule has 3 rings (SSSR count). The molecule has 7 heteroatoms. The van der Waals surface area contributed by atoms with Crippen LogP contribution in [0.4, 0.5) is 5.69 Å². The molecule has 0 bridgehead atoms. The minimum absolute atomic E-state index is 0.0400. The highest BCUT2D eigenvalue weighted by molar-refractivity contribution is 7.91. The number of aryl methyl sites for hydroxylation is 2. The number of anilines is 1. The molecule has 136 valence electrons. The first-order chi connectivity index (χ1) is 11.7. The molecule has 0 aromatic heterocycles. The maximum atomic E-state index is 12.7. The minimum atomic E-state index is -3.10. The number of hydrogen-bond donors (Lipinski definition) is 1. The number of rotatable bonds is 3. The Balaban J connectivity index is 1.69. The van der Waals surface area contributed by atoms with Crippen LogP contribution in [0.5, 0.6) is 0 Å². The highest BCUT2D eigenvalue weighted by Gasteiger charge is 2.41. The van der Waals surface area contributed by atoms with E-state index >= 15 is 0 Å². The molecular weight excluding hydrogens is 340 g/mol. The first-order valence-electron chi connectivity index (χ1n) is 8.57. The third-order valence-corrected chi connectivity index (χ3v) is 7.19. The zero-order valence-electron chi connectivity index (χ0n) is 14.8. The molecule has 2 amide bonds. The van der Waals surface area contributed by atoms with E-state index in [2.05, 4.69) is 5.32 Å². The monoisotopic (exact) mass is 364 g/mol. The topological polar surface area (TPSA) is 83.6 Å². The van der Waals surface area contributed by atoms with Crippen molar-refractivity contribution in [2.24, 2.45) is 11.8 Å². The molecule has 0 spiro atoms. The summed E-state index contributed by atoms with van der Waals surface area (Å²) in [6.07, 6.45) is 0.450. The van der Waals surface area contributed by atoms with E-state index in [4.69, 9.17) is 0 Å². The molecule has 1 aromatic rings. The normalized spacial score (nSPS) is 28.4. The van der Waals surface area contributed by atoms with Crippen molar-refractivity contribution in [1.29, 1.82) is 0 Å². The van der Waals surface area contributed by atoms with Gasteiger partial charge in [0.2, 0.25) is 11.8 Å². The molecule has 2 heterocycles. The third-order valence-electron chi connectivity index (χ3n) is 5.29. The highest BCUT2D eigenvalue weighted by Crippen LogP contribution is 2.28. The van der Waals surface area contributed by atoms with E-state index in [1.807, 2.05) is 39.0 Å². The van der Waals surface area contributed by atoms with Crippen LogP contribution < -0.4 is 10.2 Å². The quantitative estimate of drug-likeness (QED) is 0.817. The standard InChI is InChI=1S/C18H24N2O4S/c1-11-4-5-14(8-12(11)2)20-7-6-15(18(20)22)17(21)19-16-10-25(23,24)9-13(16)3/h4-5,8,13,15-16H,6-7,9-10H2,1-3H3,(H,19,21)/t13-,15?,16+/m0/s1. The third kappa shape index (κ3) is 3.56. The molecule has 0 aliphatic carbocycles. The summed E-state index contributed by atoms with van der Waals surface area (Å²) >= 11 is 0. The van der Waals surface area contributed by atoms with Crippen LogP contribution in [0.3, 0.4) is 0 Å². The fourth-order valence-electron chi connectivity index (χ4n) is 3.56. The lowest BCUT2D eigenvalue weighted by Gasteiger charge is -2.20. The fourth-order valence-corrected chi connectivity index (χ4v) is 5.69. The zero-order valence-corrected chi connectivity index (χ0v) is 15.6. The maximum Gasteiger partial charge on any atom is 0.239 e. The largest absolute Gasteiger partial charge is 0.351 e. The Morgan fingerprint density at radius 1 is 1.20 bits per heavy atom. The lowest BCUT2D eigenvalue weighted by Crippen LogP contribution is -2.44. The van der Waals surface area contributed by atoms with Crippen LogP contribution in [0.2, 0.25) is 0 Å². The van der Waals surface area contributed by atoms with Crippen LogP contribution in [0.1, 0.15) is 24.5 Å². The molecule has 2 aliphatic rings. The second-order valence-electron chi connectivity index (χ2n) is 7.27. The molecule has 2 fully saturated rings. The van der Waals surface area contributed by atoms with Gasteiger partial charge in [-0.05, 0) is 49.4 Å². The average molecular weight is 364 g/mol. The van der Waals surface area contributed by atoms with Gasteiger partial charge in [0.05, 0.1) is 11.5 Å². The van der Waals surface area contributed by atoms with Gasteiger partial charge in [-0.25, -0.2) is 8.42 Å². The molecule has 1 N–H and O–H groups in total. The fraction of sp³-hybridized carbons (Fsp3) is 0.556. The number of hydrogen-bond acceptors (Lipinski definition) is 4. The summed E-state index contributed by atoms with van der Waals surface area (Å²) in [5.74, 6) is -1.38. The Labute approximate surface area is 148 Å². The summed E-state index contributed by atoms with van der Waals surface area (Å²) < 4.78 is 23.4. The Kier molecular flexibility index (Phi) is 4.62. The second kappa shape index (κ2) is 6.44. The Morgan fingerprint density at radius 3 is 2.52 bits per heavy atom. The Hall–Kier alpha value is -1.89. The van der Waals surface area contributed by atoms with Crippen molar-refractivity contribution in [2.45, 2.75) is 33.2 Å². The van der Waals surface area contributed by atoms with Crippen molar-refractivity contribution in [3.63, 3.8) is 0 Å².